The summed E-state index contributed by atoms with van der Waals surface area (Å²) >= 11 is 9.20. The number of benzene rings is 2. The molecule has 5 heteroatoms. The number of halogens is 3. The van der Waals surface area contributed by atoms with E-state index in [4.69, 9.17) is 11.6 Å². The van der Waals surface area contributed by atoms with Gasteiger partial charge < -0.3 is 4.57 Å². The molecule has 0 unspecified atom stereocenters. The molecular formula is C16H13BrClFN2. The number of hydrogen-bond acceptors (Lipinski definition) is 1. The van der Waals surface area contributed by atoms with E-state index in [0.717, 1.165) is 24.3 Å². The first-order valence-electron chi connectivity index (χ1n) is 6.63. The summed E-state index contributed by atoms with van der Waals surface area (Å²) < 4.78 is 16.1. The van der Waals surface area contributed by atoms with Crippen molar-refractivity contribution in [3.8, 4) is 0 Å². The molecule has 0 saturated heterocycles. The lowest BCUT2D eigenvalue weighted by atomic mass is 10.1. The van der Waals surface area contributed by atoms with E-state index < -0.39 is 0 Å². The van der Waals surface area contributed by atoms with Crippen LogP contribution in [0.15, 0.2) is 46.9 Å². The highest BCUT2D eigenvalue weighted by Crippen LogP contribution is 2.25. The minimum absolute atomic E-state index is 0.308. The highest BCUT2D eigenvalue weighted by atomic mass is 79.9. The van der Waals surface area contributed by atoms with Crippen LogP contribution in [0.1, 0.15) is 11.4 Å². The number of hydrogen-bond donors (Lipinski definition) is 0. The molecule has 2 aromatic carbocycles. The molecule has 3 rings (SSSR count). The molecule has 0 spiro atoms. The molecule has 0 aliphatic heterocycles. The molecule has 0 bridgehead atoms. The van der Waals surface area contributed by atoms with Gasteiger partial charge in [0.15, 0.2) is 0 Å². The fourth-order valence-corrected chi connectivity index (χ4v) is 2.94. The van der Waals surface area contributed by atoms with E-state index in [1.165, 1.54) is 11.6 Å². The summed E-state index contributed by atoms with van der Waals surface area (Å²) in [5.41, 5.74) is 2.79. The van der Waals surface area contributed by atoms with Gasteiger partial charge in [-0.2, -0.15) is 0 Å². The van der Waals surface area contributed by atoms with Crippen LogP contribution in [0.25, 0.3) is 11.0 Å². The van der Waals surface area contributed by atoms with Gasteiger partial charge in [0.2, 0.25) is 0 Å². The van der Waals surface area contributed by atoms with Crippen molar-refractivity contribution >= 4 is 38.6 Å². The fourth-order valence-electron chi connectivity index (χ4n) is 2.41. The Hall–Kier alpha value is -1.39. The van der Waals surface area contributed by atoms with E-state index >= 15 is 0 Å². The molecule has 0 amide bonds. The van der Waals surface area contributed by atoms with Crippen LogP contribution < -0.4 is 0 Å². The first-order chi connectivity index (χ1) is 10.2. The van der Waals surface area contributed by atoms with Crippen LogP contribution in [0.2, 0.25) is 0 Å². The summed E-state index contributed by atoms with van der Waals surface area (Å²) in [5.74, 6) is 0.763. The van der Waals surface area contributed by atoms with Crippen LogP contribution in [0.5, 0.6) is 0 Å². The van der Waals surface area contributed by atoms with Crippen molar-refractivity contribution in [3.63, 3.8) is 0 Å². The molecule has 0 aliphatic carbocycles. The predicted octanol–water partition coefficient (Wildman–Crippen LogP) is 4.92. The summed E-state index contributed by atoms with van der Waals surface area (Å²) in [6.45, 7) is 0.765. The van der Waals surface area contributed by atoms with Gasteiger partial charge >= 0.3 is 0 Å². The lowest BCUT2D eigenvalue weighted by Gasteiger charge is -2.08. The maximum atomic E-state index is 13.6. The monoisotopic (exact) mass is 366 g/mol. The Morgan fingerprint density at radius 3 is 2.67 bits per heavy atom. The van der Waals surface area contributed by atoms with E-state index in [1.54, 1.807) is 6.07 Å². The summed E-state index contributed by atoms with van der Waals surface area (Å²) in [6, 6.07) is 13.4. The number of fused-ring (bicyclic) bond motifs is 1. The number of aryl methyl sites for hydroxylation is 2. The first-order valence-corrected chi connectivity index (χ1v) is 7.96. The van der Waals surface area contributed by atoms with Gasteiger partial charge in [-0.25, -0.2) is 9.37 Å². The fraction of sp³-hybridized carbons (Fsp3) is 0.188. The van der Waals surface area contributed by atoms with Gasteiger partial charge in [0.05, 0.1) is 21.4 Å². The minimum Gasteiger partial charge on any atom is -0.327 e. The van der Waals surface area contributed by atoms with Gasteiger partial charge in [-0.1, -0.05) is 30.3 Å². The number of alkyl halides is 1. The van der Waals surface area contributed by atoms with Crippen molar-refractivity contribution in [2.75, 3.05) is 0 Å². The average molecular weight is 368 g/mol. The molecular weight excluding hydrogens is 355 g/mol. The first kappa shape index (κ1) is 14.5. The van der Waals surface area contributed by atoms with E-state index in [9.17, 15) is 4.39 Å². The Labute approximate surface area is 135 Å². The van der Waals surface area contributed by atoms with E-state index in [0.29, 0.717) is 15.9 Å². The Morgan fingerprint density at radius 1 is 1.19 bits per heavy atom. The van der Waals surface area contributed by atoms with Crippen LogP contribution in [0.4, 0.5) is 4.39 Å². The summed E-state index contributed by atoms with van der Waals surface area (Å²) in [6.07, 6.45) is 0.880. The van der Waals surface area contributed by atoms with Crippen molar-refractivity contribution < 1.29 is 4.39 Å². The molecule has 0 aliphatic rings. The molecule has 0 N–H and O–H groups in total. The quantitative estimate of drug-likeness (QED) is 0.599. The highest BCUT2D eigenvalue weighted by Gasteiger charge is 2.12. The molecule has 21 heavy (non-hydrogen) atoms. The summed E-state index contributed by atoms with van der Waals surface area (Å²) in [7, 11) is 0. The zero-order valence-corrected chi connectivity index (χ0v) is 13.5. The molecule has 0 atom stereocenters. The zero-order valence-electron chi connectivity index (χ0n) is 11.2. The van der Waals surface area contributed by atoms with E-state index in [-0.39, 0.29) is 5.82 Å². The highest BCUT2D eigenvalue weighted by molar-refractivity contribution is 9.10. The molecule has 1 heterocycles. The molecule has 108 valence electrons. The number of imidazole rings is 1. The van der Waals surface area contributed by atoms with E-state index in [2.05, 4.69) is 37.6 Å². The third-order valence-corrected chi connectivity index (χ3v) is 4.30. The Morgan fingerprint density at radius 2 is 1.95 bits per heavy atom. The number of nitrogens with zero attached hydrogens (tertiary/aromatic N) is 2. The standard InChI is InChI=1S/C16H13BrClFN2/c17-12-8-15-14(9-13(12)19)20-16(10-18)21(15)7-6-11-4-2-1-3-5-11/h1-5,8-9H,6-7,10H2. The normalized spacial score (nSPS) is 11.2. The van der Waals surface area contributed by atoms with Gasteiger partial charge in [0.25, 0.3) is 0 Å². The molecule has 0 radical (unpaired) electrons. The van der Waals surface area contributed by atoms with Gasteiger partial charge in [0, 0.05) is 12.6 Å². The lowest BCUT2D eigenvalue weighted by molar-refractivity contribution is 0.622. The third kappa shape index (κ3) is 2.97. The second-order valence-electron chi connectivity index (χ2n) is 4.80. The number of rotatable bonds is 4. The molecule has 0 saturated carbocycles. The summed E-state index contributed by atoms with van der Waals surface area (Å²) in [5, 5.41) is 0. The van der Waals surface area contributed by atoms with Gasteiger partial charge in [-0.15, -0.1) is 11.6 Å². The van der Waals surface area contributed by atoms with Crippen LogP contribution in [0.3, 0.4) is 0 Å². The third-order valence-electron chi connectivity index (χ3n) is 3.46. The van der Waals surface area contributed by atoms with E-state index in [1.807, 2.05) is 18.2 Å². The van der Waals surface area contributed by atoms with Crippen LogP contribution in [0, 0.1) is 5.82 Å². The average Bonchev–Trinajstić information content (AvgIpc) is 2.83. The second-order valence-corrected chi connectivity index (χ2v) is 5.93. The van der Waals surface area contributed by atoms with Crippen LogP contribution in [-0.4, -0.2) is 9.55 Å². The van der Waals surface area contributed by atoms with Gasteiger partial charge in [-0.05, 0) is 34.0 Å². The van der Waals surface area contributed by atoms with Crippen molar-refractivity contribution in [2.24, 2.45) is 0 Å². The maximum absolute atomic E-state index is 13.6. The molecule has 2 nitrogen and oxygen atoms in total. The van der Waals surface area contributed by atoms with Crippen molar-refractivity contribution in [2.45, 2.75) is 18.8 Å². The van der Waals surface area contributed by atoms with Crippen molar-refractivity contribution in [1.82, 2.24) is 9.55 Å². The Bertz CT molecular complexity index is 771. The van der Waals surface area contributed by atoms with Crippen LogP contribution in [-0.2, 0) is 18.8 Å². The van der Waals surface area contributed by atoms with Crippen molar-refractivity contribution in [1.29, 1.82) is 0 Å². The van der Waals surface area contributed by atoms with Gasteiger partial charge in [0.1, 0.15) is 11.6 Å². The Balaban J connectivity index is 1.98. The summed E-state index contributed by atoms with van der Waals surface area (Å²) in [4.78, 5) is 4.42. The predicted molar refractivity (Wildman–Crippen MR) is 87.1 cm³/mol. The topological polar surface area (TPSA) is 17.8 Å². The van der Waals surface area contributed by atoms with Gasteiger partial charge in [-0.3, -0.25) is 0 Å². The molecule has 1 aromatic heterocycles. The minimum atomic E-state index is -0.309. The maximum Gasteiger partial charge on any atom is 0.139 e. The van der Waals surface area contributed by atoms with Crippen molar-refractivity contribution in [3.05, 3.63) is 64.1 Å². The van der Waals surface area contributed by atoms with Crippen LogP contribution >= 0.6 is 27.5 Å². The molecule has 3 aromatic rings. The second kappa shape index (κ2) is 6.16. The molecule has 0 fully saturated rings. The largest absolute Gasteiger partial charge is 0.327 e. The SMILES string of the molecule is Fc1cc2nc(CCl)n(CCc3ccccc3)c2cc1Br. The zero-order chi connectivity index (χ0) is 14.8. The lowest BCUT2D eigenvalue weighted by Crippen LogP contribution is -2.05. The Kier molecular flexibility index (Phi) is 4.27. The smallest absolute Gasteiger partial charge is 0.139 e. The number of aromatic nitrogens is 2.